The van der Waals surface area contributed by atoms with Gasteiger partial charge in [0.05, 0.1) is 17.0 Å². The molecule has 16 heteroatoms. The number of ether oxygens (including phenoxy) is 2. The molecule has 0 aliphatic carbocycles. The Labute approximate surface area is 269 Å². The first-order chi connectivity index (χ1) is 21.5. The highest BCUT2D eigenvalue weighted by Gasteiger charge is 2.33. The number of halogens is 4. The molecule has 4 rings (SSSR count). The van der Waals surface area contributed by atoms with Gasteiger partial charge in [0, 0.05) is 37.4 Å². The second-order valence-electron chi connectivity index (χ2n) is 11.2. The van der Waals surface area contributed by atoms with Gasteiger partial charge in [-0.25, -0.2) is 18.2 Å². The van der Waals surface area contributed by atoms with Gasteiger partial charge in [-0.1, -0.05) is 17.7 Å². The number of nitrogens with one attached hydrogen (secondary N) is 2. The Morgan fingerprint density at radius 3 is 2.28 bits per heavy atom. The normalized spacial score (nSPS) is 14.5. The molecule has 2 N–H and O–H groups in total. The van der Waals surface area contributed by atoms with Crippen LogP contribution in [0.4, 0.5) is 29.5 Å². The summed E-state index contributed by atoms with van der Waals surface area (Å²) in [5.74, 6) is -0.0243. The molecule has 0 unspecified atom stereocenters. The van der Waals surface area contributed by atoms with Crippen LogP contribution in [0.3, 0.4) is 0 Å². The highest BCUT2D eigenvalue weighted by atomic mass is 35.5. The largest absolute Gasteiger partial charge is 0.492 e. The Morgan fingerprint density at radius 1 is 0.978 bits per heavy atom. The van der Waals surface area contributed by atoms with Crippen molar-refractivity contribution in [3.8, 4) is 5.75 Å². The number of piperazine rings is 1. The monoisotopic (exact) mass is 683 g/mol. The molecule has 1 fully saturated rings. The van der Waals surface area contributed by atoms with E-state index in [1.807, 2.05) is 0 Å². The molecule has 1 saturated heterocycles. The van der Waals surface area contributed by atoms with Crippen molar-refractivity contribution in [3.05, 3.63) is 76.9 Å². The minimum absolute atomic E-state index is 0.00502. The molecule has 2 amide bonds. The van der Waals surface area contributed by atoms with Crippen molar-refractivity contribution in [2.75, 3.05) is 49.5 Å². The highest BCUT2D eigenvalue weighted by molar-refractivity contribution is 7.89. The van der Waals surface area contributed by atoms with Crippen LogP contribution in [0.1, 0.15) is 36.7 Å². The molecule has 2 aromatic carbocycles. The second-order valence-corrected chi connectivity index (χ2v) is 13.5. The van der Waals surface area contributed by atoms with Crippen LogP contribution in [0.25, 0.3) is 0 Å². The third-order valence-electron chi connectivity index (χ3n) is 6.56. The molecule has 248 valence electrons. The van der Waals surface area contributed by atoms with Gasteiger partial charge in [-0.2, -0.15) is 17.5 Å². The van der Waals surface area contributed by atoms with Gasteiger partial charge in [0.2, 0.25) is 10.0 Å². The van der Waals surface area contributed by atoms with E-state index in [-0.39, 0.29) is 55.2 Å². The number of sulfonamides is 1. The van der Waals surface area contributed by atoms with Crippen molar-refractivity contribution >= 4 is 45.1 Å². The second kappa shape index (κ2) is 14.1. The summed E-state index contributed by atoms with van der Waals surface area (Å²) in [6, 6.07) is 13.7. The lowest BCUT2D eigenvalue weighted by Crippen LogP contribution is -2.49. The third-order valence-corrected chi connectivity index (χ3v) is 8.66. The molecule has 3 aromatic rings. The first kappa shape index (κ1) is 34.8. The molecule has 11 nitrogen and oxygen atoms in total. The quantitative estimate of drug-likeness (QED) is 0.226. The summed E-state index contributed by atoms with van der Waals surface area (Å²) < 4.78 is 78.1. The van der Waals surface area contributed by atoms with Gasteiger partial charge in [-0.3, -0.25) is 4.79 Å². The predicted molar refractivity (Wildman–Crippen MR) is 166 cm³/mol. The number of anilines is 2. The molecule has 46 heavy (non-hydrogen) atoms. The number of aromatic nitrogens is 1. The SMILES string of the molecule is CC(C)(C)OC(=O)NCCOc1cccc(C(=O)Nc2ccc(S(=O)(=O)N3CCN(c4cc(C(F)(F)F)cc(Cl)n4)CC3)cc2)c1. The molecule has 0 bridgehead atoms. The van der Waals surface area contributed by atoms with Crippen LogP contribution in [-0.4, -0.2) is 74.6 Å². The average molecular weight is 684 g/mol. The van der Waals surface area contributed by atoms with Crippen molar-refractivity contribution in [1.29, 1.82) is 0 Å². The van der Waals surface area contributed by atoms with Crippen molar-refractivity contribution < 1.29 is 40.7 Å². The van der Waals surface area contributed by atoms with E-state index < -0.39 is 39.4 Å². The smallest absolute Gasteiger partial charge is 0.416 e. The number of hydrogen-bond donors (Lipinski definition) is 2. The van der Waals surface area contributed by atoms with E-state index in [0.29, 0.717) is 17.0 Å². The number of nitrogens with zero attached hydrogens (tertiary/aromatic N) is 3. The average Bonchev–Trinajstić information content (AvgIpc) is 2.98. The molecule has 0 radical (unpaired) electrons. The highest BCUT2D eigenvalue weighted by Crippen LogP contribution is 2.33. The van der Waals surface area contributed by atoms with E-state index in [9.17, 15) is 31.2 Å². The number of carbonyl (C=O) groups excluding carboxylic acids is 2. The lowest BCUT2D eigenvalue weighted by atomic mass is 10.2. The Bertz CT molecular complexity index is 1660. The number of rotatable bonds is 9. The number of benzene rings is 2. The minimum atomic E-state index is -4.60. The first-order valence-electron chi connectivity index (χ1n) is 14.1. The Kier molecular flexibility index (Phi) is 10.7. The van der Waals surface area contributed by atoms with Gasteiger partial charge in [-0.05, 0) is 75.4 Å². The third kappa shape index (κ3) is 9.47. The zero-order valence-electron chi connectivity index (χ0n) is 25.2. The van der Waals surface area contributed by atoms with Crippen molar-refractivity contribution in [1.82, 2.24) is 14.6 Å². The van der Waals surface area contributed by atoms with Crippen molar-refractivity contribution in [2.24, 2.45) is 0 Å². The van der Waals surface area contributed by atoms with Crippen LogP contribution in [-0.2, 0) is 20.9 Å². The van der Waals surface area contributed by atoms with E-state index in [4.69, 9.17) is 21.1 Å². The summed E-state index contributed by atoms with van der Waals surface area (Å²) in [5, 5.41) is 4.98. The molecule has 0 spiro atoms. The zero-order chi connectivity index (χ0) is 33.7. The van der Waals surface area contributed by atoms with Gasteiger partial charge < -0.3 is 25.0 Å². The van der Waals surface area contributed by atoms with Gasteiger partial charge in [0.1, 0.15) is 28.9 Å². The van der Waals surface area contributed by atoms with E-state index in [0.717, 1.165) is 12.1 Å². The standard InChI is InChI=1S/C30H33ClF3N5O6S/c1-29(2,3)45-28(41)35-11-16-44-23-6-4-5-20(17-23)27(40)36-22-7-9-24(10-8-22)46(42,43)39-14-12-38(13-15-39)26-19-21(30(32,33)34)18-25(31)37-26/h4-10,17-19H,11-16H2,1-3H3,(H,35,41)(H,36,40). The summed E-state index contributed by atoms with van der Waals surface area (Å²) in [7, 11) is -3.92. The summed E-state index contributed by atoms with van der Waals surface area (Å²) >= 11 is 5.80. The predicted octanol–water partition coefficient (Wildman–Crippen LogP) is 5.42. The van der Waals surface area contributed by atoms with E-state index in [1.54, 1.807) is 43.9 Å². The number of amides is 2. The summed E-state index contributed by atoms with van der Waals surface area (Å²) in [4.78, 5) is 30.1. The minimum Gasteiger partial charge on any atom is -0.492 e. The van der Waals surface area contributed by atoms with Gasteiger partial charge >= 0.3 is 12.3 Å². The molecule has 2 heterocycles. The molecule has 1 aliphatic heterocycles. The Hall–Kier alpha value is -4.08. The lowest BCUT2D eigenvalue weighted by molar-refractivity contribution is -0.137. The zero-order valence-corrected chi connectivity index (χ0v) is 26.8. The maximum atomic E-state index is 13.3. The van der Waals surface area contributed by atoms with E-state index in [1.165, 1.54) is 34.6 Å². The number of alkyl halides is 3. The Morgan fingerprint density at radius 2 is 1.65 bits per heavy atom. The molecule has 0 saturated carbocycles. The molecule has 1 aliphatic rings. The van der Waals surface area contributed by atoms with Crippen LogP contribution in [0.15, 0.2) is 65.6 Å². The van der Waals surface area contributed by atoms with Crippen LogP contribution < -0.4 is 20.3 Å². The van der Waals surface area contributed by atoms with Gasteiger partial charge in [0.25, 0.3) is 5.91 Å². The van der Waals surface area contributed by atoms with Crippen molar-refractivity contribution in [3.63, 3.8) is 0 Å². The fourth-order valence-corrected chi connectivity index (χ4v) is 6.02. The molecule has 0 atom stereocenters. The number of hydrogen-bond acceptors (Lipinski definition) is 8. The number of alkyl carbamates (subject to hydrolysis) is 1. The summed E-state index contributed by atoms with van der Waals surface area (Å²) in [6.45, 7) is 5.87. The molecular formula is C30H33ClF3N5O6S. The first-order valence-corrected chi connectivity index (χ1v) is 15.9. The molecular weight excluding hydrogens is 651 g/mol. The summed E-state index contributed by atoms with van der Waals surface area (Å²) in [5.41, 5.74) is -0.903. The molecule has 1 aromatic heterocycles. The van der Waals surface area contributed by atoms with Crippen LogP contribution >= 0.6 is 11.6 Å². The number of pyridine rings is 1. The van der Waals surface area contributed by atoms with E-state index >= 15 is 0 Å². The Balaban J connectivity index is 1.30. The summed E-state index contributed by atoms with van der Waals surface area (Å²) in [6.07, 6.45) is -5.16. The fraction of sp³-hybridized carbons (Fsp3) is 0.367. The number of carbonyl (C=O) groups is 2. The lowest BCUT2D eigenvalue weighted by Gasteiger charge is -2.35. The van der Waals surface area contributed by atoms with Gasteiger partial charge in [-0.15, -0.1) is 0 Å². The van der Waals surface area contributed by atoms with Crippen molar-refractivity contribution in [2.45, 2.75) is 37.4 Å². The fourth-order valence-electron chi connectivity index (χ4n) is 4.39. The van der Waals surface area contributed by atoms with Gasteiger partial charge in [0.15, 0.2) is 0 Å². The topological polar surface area (TPSA) is 130 Å². The van der Waals surface area contributed by atoms with Crippen LogP contribution in [0, 0.1) is 0 Å². The maximum Gasteiger partial charge on any atom is 0.416 e. The van der Waals surface area contributed by atoms with E-state index in [2.05, 4.69) is 15.6 Å². The maximum absolute atomic E-state index is 13.3. The van der Waals surface area contributed by atoms with Crippen LogP contribution in [0.5, 0.6) is 5.75 Å². The van der Waals surface area contributed by atoms with Crippen LogP contribution in [0.2, 0.25) is 5.15 Å².